The second-order valence-corrected chi connectivity index (χ2v) is 26.2. The molecule has 0 bridgehead atoms. The van der Waals surface area contributed by atoms with E-state index in [1.54, 1.807) is 0 Å². The molecule has 0 heterocycles. The van der Waals surface area contributed by atoms with Crippen LogP contribution < -0.4 is 0 Å². The second kappa shape index (κ2) is 13.9. The lowest BCUT2D eigenvalue weighted by Gasteiger charge is -2.30. The first-order valence-electron chi connectivity index (χ1n) is 13.3. The predicted octanol–water partition coefficient (Wildman–Crippen LogP) is 7.37. The van der Waals surface area contributed by atoms with Gasteiger partial charge in [0.15, 0.2) is 25.0 Å². The van der Waals surface area contributed by atoms with Crippen molar-refractivity contribution >= 4 is 30.9 Å². The van der Waals surface area contributed by atoms with Gasteiger partial charge in [0.2, 0.25) is 0 Å². The number of hydrogen-bond donors (Lipinski definition) is 0. The fraction of sp³-hybridized carbons (Fsp3) is 0.885. The maximum Gasteiger partial charge on any atom is 0.305 e. The highest BCUT2D eigenvalue weighted by Gasteiger charge is 2.46. The van der Waals surface area contributed by atoms with Crippen LogP contribution in [-0.2, 0) is 22.8 Å². The van der Waals surface area contributed by atoms with Crippen LogP contribution in [0.5, 0.6) is 0 Å². The fourth-order valence-corrected chi connectivity index (χ4v) is 8.23. The number of rotatable bonds is 15. The SMILES string of the molecule is CCCCCC(/C=C/C1C(O[Si](C)(C)C)CC(O[Si](C)(C)C)C1CCC(=O)OC)O[Si](C)(C)C. The van der Waals surface area contributed by atoms with E-state index in [1.807, 2.05) is 0 Å². The Balaban J connectivity index is 3.24. The lowest BCUT2D eigenvalue weighted by atomic mass is 9.88. The molecule has 0 spiro atoms. The molecule has 5 nitrogen and oxygen atoms in total. The Morgan fingerprint density at radius 1 is 0.912 bits per heavy atom. The van der Waals surface area contributed by atoms with Crippen molar-refractivity contribution in [2.75, 3.05) is 7.11 Å². The normalized spacial score (nSPS) is 25.1. The molecule has 8 heteroatoms. The van der Waals surface area contributed by atoms with E-state index in [-0.39, 0.29) is 36.1 Å². The number of carbonyl (C=O) groups is 1. The smallest absolute Gasteiger partial charge is 0.305 e. The van der Waals surface area contributed by atoms with Gasteiger partial charge in [0.25, 0.3) is 0 Å². The molecule has 1 aliphatic rings. The van der Waals surface area contributed by atoms with Crippen molar-refractivity contribution in [1.82, 2.24) is 0 Å². The van der Waals surface area contributed by atoms with Crippen molar-refractivity contribution in [2.45, 2.75) is 129 Å². The maximum atomic E-state index is 12.0. The molecule has 0 aliphatic heterocycles. The summed E-state index contributed by atoms with van der Waals surface area (Å²) in [7, 11) is -3.69. The molecule has 34 heavy (non-hydrogen) atoms. The van der Waals surface area contributed by atoms with Crippen LogP contribution in [0.15, 0.2) is 12.2 Å². The minimum atomic E-state index is -1.75. The average Bonchev–Trinajstić information content (AvgIpc) is 2.95. The van der Waals surface area contributed by atoms with Crippen LogP contribution in [0.3, 0.4) is 0 Å². The number of methoxy groups -OCH3 is 1. The van der Waals surface area contributed by atoms with Gasteiger partial charge in [0.1, 0.15) is 0 Å². The topological polar surface area (TPSA) is 54.0 Å². The second-order valence-electron chi connectivity index (χ2n) is 12.8. The Morgan fingerprint density at radius 2 is 1.50 bits per heavy atom. The molecule has 0 aromatic heterocycles. The molecule has 200 valence electrons. The first kappa shape index (κ1) is 31.8. The third-order valence-corrected chi connectivity index (χ3v) is 8.96. The first-order valence-corrected chi connectivity index (χ1v) is 23.6. The van der Waals surface area contributed by atoms with E-state index in [1.165, 1.54) is 26.4 Å². The fourth-order valence-electron chi connectivity index (χ4n) is 4.78. The van der Waals surface area contributed by atoms with Crippen LogP contribution >= 0.6 is 0 Å². The lowest BCUT2D eigenvalue weighted by Crippen LogP contribution is -2.35. The van der Waals surface area contributed by atoms with E-state index < -0.39 is 25.0 Å². The van der Waals surface area contributed by atoms with Gasteiger partial charge < -0.3 is 18.0 Å². The molecular formula is C26H54O5Si3. The van der Waals surface area contributed by atoms with Gasteiger partial charge in [0, 0.05) is 12.3 Å². The zero-order valence-corrected chi connectivity index (χ0v) is 27.0. The number of hydrogen-bond acceptors (Lipinski definition) is 5. The number of unbranched alkanes of at least 4 members (excludes halogenated alkanes) is 2. The molecule has 0 amide bonds. The van der Waals surface area contributed by atoms with E-state index in [9.17, 15) is 4.79 Å². The molecule has 1 aliphatic carbocycles. The summed E-state index contributed by atoms with van der Waals surface area (Å²) >= 11 is 0. The Bertz CT molecular complexity index is 634. The average molecular weight is 531 g/mol. The van der Waals surface area contributed by atoms with Crippen molar-refractivity contribution in [2.24, 2.45) is 11.8 Å². The van der Waals surface area contributed by atoms with E-state index >= 15 is 0 Å². The summed E-state index contributed by atoms with van der Waals surface area (Å²) in [5.41, 5.74) is 0. The summed E-state index contributed by atoms with van der Waals surface area (Å²) in [6.07, 6.45) is 11.8. The van der Waals surface area contributed by atoms with E-state index in [0.717, 1.165) is 19.3 Å². The summed E-state index contributed by atoms with van der Waals surface area (Å²) in [6.45, 7) is 22.5. The van der Waals surface area contributed by atoms with Crippen LogP contribution in [0.2, 0.25) is 58.9 Å². The Labute approximate surface area is 213 Å². The molecule has 5 atom stereocenters. The largest absolute Gasteiger partial charge is 0.469 e. The van der Waals surface area contributed by atoms with Gasteiger partial charge >= 0.3 is 5.97 Å². The van der Waals surface area contributed by atoms with Gasteiger partial charge in [-0.3, -0.25) is 4.79 Å². The third kappa shape index (κ3) is 13.2. The molecule has 0 radical (unpaired) electrons. The van der Waals surface area contributed by atoms with Crippen LogP contribution in [-0.4, -0.2) is 56.3 Å². The van der Waals surface area contributed by atoms with E-state index in [0.29, 0.717) is 6.42 Å². The van der Waals surface area contributed by atoms with Crippen LogP contribution in [0.25, 0.3) is 0 Å². The Morgan fingerprint density at radius 3 is 2.00 bits per heavy atom. The van der Waals surface area contributed by atoms with Crippen LogP contribution in [0.4, 0.5) is 0 Å². The number of ether oxygens (including phenoxy) is 1. The zero-order chi connectivity index (χ0) is 26.2. The maximum absolute atomic E-state index is 12.0. The quantitative estimate of drug-likeness (QED) is 0.0957. The zero-order valence-electron chi connectivity index (χ0n) is 24.0. The monoisotopic (exact) mass is 530 g/mol. The first-order chi connectivity index (χ1) is 15.5. The molecule has 1 saturated carbocycles. The van der Waals surface area contributed by atoms with Gasteiger partial charge in [-0.1, -0.05) is 38.3 Å². The molecule has 5 unspecified atom stereocenters. The van der Waals surface area contributed by atoms with Gasteiger partial charge in [-0.15, -0.1) is 0 Å². The minimum absolute atomic E-state index is 0.115. The van der Waals surface area contributed by atoms with Crippen molar-refractivity contribution in [1.29, 1.82) is 0 Å². The van der Waals surface area contributed by atoms with E-state index in [4.69, 9.17) is 18.0 Å². The van der Waals surface area contributed by atoms with E-state index in [2.05, 4.69) is 78.0 Å². The van der Waals surface area contributed by atoms with Crippen molar-refractivity contribution < 1.29 is 22.8 Å². The highest BCUT2D eigenvalue weighted by Crippen LogP contribution is 2.42. The molecule has 0 aromatic carbocycles. The van der Waals surface area contributed by atoms with Crippen LogP contribution in [0, 0.1) is 11.8 Å². The van der Waals surface area contributed by atoms with Crippen molar-refractivity contribution in [3.8, 4) is 0 Å². The number of esters is 1. The van der Waals surface area contributed by atoms with Gasteiger partial charge in [0.05, 0.1) is 25.4 Å². The molecule has 0 N–H and O–H groups in total. The van der Waals surface area contributed by atoms with Gasteiger partial charge in [-0.05, 0) is 84.1 Å². The summed E-state index contributed by atoms with van der Waals surface area (Å²) in [4.78, 5) is 12.0. The summed E-state index contributed by atoms with van der Waals surface area (Å²) in [6, 6.07) is 0. The molecular weight excluding hydrogens is 477 g/mol. The minimum Gasteiger partial charge on any atom is -0.469 e. The Kier molecular flexibility index (Phi) is 13.0. The summed E-state index contributed by atoms with van der Waals surface area (Å²) in [5, 5.41) is 0. The molecule has 0 aromatic rings. The van der Waals surface area contributed by atoms with Gasteiger partial charge in [-0.25, -0.2) is 0 Å². The molecule has 0 saturated heterocycles. The predicted molar refractivity (Wildman–Crippen MR) is 151 cm³/mol. The molecule has 1 rings (SSSR count). The standard InChI is InChI=1S/C26H54O5Si3/c1-12-13-14-15-21(29-32(3,4)5)16-17-22-23(18-19-26(27)28-2)25(31-34(9,10)11)20-24(22)30-33(6,7)8/h16-17,21-25H,12-15,18-20H2,1-11H3/b17-16+. The highest BCUT2D eigenvalue weighted by atomic mass is 28.4. The Hall–Kier alpha value is -0.259. The summed E-state index contributed by atoms with van der Waals surface area (Å²) in [5.74, 6) is 0.312. The van der Waals surface area contributed by atoms with Gasteiger partial charge in [-0.2, -0.15) is 0 Å². The van der Waals surface area contributed by atoms with Crippen molar-refractivity contribution in [3.05, 3.63) is 12.2 Å². The molecule has 1 fully saturated rings. The lowest BCUT2D eigenvalue weighted by molar-refractivity contribution is -0.141. The summed E-state index contributed by atoms with van der Waals surface area (Å²) < 4.78 is 24.9. The third-order valence-electron chi connectivity index (χ3n) is 5.93. The van der Waals surface area contributed by atoms with Crippen LogP contribution in [0.1, 0.15) is 51.9 Å². The highest BCUT2D eigenvalue weighted by molar-refractivity contribution is 6.70. The van der Waals surface area contributed by atoms with Crippen molar-refractivity contribution in [3.63, 3.8) is 0 Å². The number of carbonyl (C=O) groups excluding carboxylic acids is 1.